The summed E-state index contributed by atoms with van der Waals surface area (Å²) < 4.78 is 4.88. The van der Waals surface area contributed by atoms with Gasteiger partial charge in [0.15, 0.2) is 0 Å². The molecule has 102 valence electrons. The number of ether oxygens (including phenoxy) is 1. The number of benzene rings is 1. The van der Waals surface area contributed by atoms with Crippen molar-refractivity contribution in [2.75, 3.05) is 31.7 Å². The summed E-state index contributed by atoms with van der Waals surface area (Å²) in [5.41, 5.74) is 1.36. The van der Waals surface area contributed by atoms with Crippen LogP contribution in [0.4, 0.5) is 5.69 Å². The van der Waals surface area contributed by atoms with E-state index in [0.717, 1.165) is 18.7 Å². The smallest absolute Gasteiger partial charge is 0.251 e. The van der Waals surface area contributed by atoms with Gasteiger partial charge in [-0.3, -0.25) is 9.59 Å². The van der Waals surface area contributed by atoms with Crippen LogP contribution in [0.1, 0.15) is 23.2 Å². The van der Waals surface area contributed by atoms with Gasteiger partial charge < -0.3 is 15.0 Å². The maximum absolute atomic E-state index is 11.9. The second-order valence-corrected chi connectivity index (χ2v) is 4.45. The fraction of sp³-hybridized carbons (Fsp3) is 0.429. The topological polar surface area (TPSA) is 58.6 Å². The van der Waals surface area contributed by atoms with E-state index in [2.05, 4.69) is 5.32 Å². The predicted octanol–water partition coefficient (Wildman–Crippen LogP) is 1.19. The van der Waals surface area contributed by atoms with Crippen LogP contribution < -0.4 is 10.2 Å². The second kappa shape index (κ2) is 6.33. The molecule has 0 spiro atoms. The maximum Gasteiger partial charge on any atom is 0.251 e. The van der Waals surface area contributed by atoms with Crippen LogP contribution in [0.3, 0.4) is 0 Å². The number of methoxy groups -OCH3 is 1. The first kappa shape index (κ1) is 13.5. The van der Waals surface area contributed by atoms with Crippen molar-refractivity contribution in [3.63, 3.8) is 0 Å². The Morgan fingerprint density at radius 1 is 1.47 bits per heavy atom. The van der Waals surface area contributed by atoms with Crippen LogP contribution in [-0.2, 0) is 9.53 Å². The molecule has 0 bridgehead atoms. The molecular formula is C14H18N2O3. The molecule has 1 saturated heterocycles. The summed E-state index contributed by atoms with van der Waals surface area (Å²) >= 11 is 0. The first-order chi connectivity index (χ1) is 9.22. The molecule has 19 heavy (non-hydrogen) atoms. The minimum atomic E-state index is -0.148. The van der Waals surface area contributed by atoms with Gasteiger partial charge in [-0.05, 0) is 24.6 Å². The van der Waals surface area contributed by atoms with Crippen LogP contribution in [0.15, 0.2) is 24.3 Å². The molecule has 1 aromatic carbocycles. The Labute approximate surface area is 112 Å². The highest BCUT2D eigenvalue weighted by Crippen LogP contribution is 2.22. The zero-order chi connectivity index (χ0) is 13.7. The molecule has 0 aliphatic carbocycles. The van der Waals surface area contributed by atoms with Crippen LogP contribution >= 0.6 is 0 Å². The summed E-state index contributed by atoms with van der Waals surface area (Å²) in [6, 6.07) is 7.15. The lowest BCUT2D eigenvalue weighted by Crippen LogP contribution is -2.28. The lowest BCUT2D eigenvalue weighted by molar-refractivity contribution is -0.117. The van der Waals surface area contributed by atoms with E-state index >= 15 is 0 Å². The van der Waals surface area contributed by atoms with Gasteiger partial charge in [0.25, 0.3) is 5.91 Å². The van der Waals surface area contributed by atoms with E-state index in [1.165, 1.54) is 0 Å². The zero-order valence-corrected chi connectivity index (χ0v) is 11.0. The SMILES string of the molecule is COCCNC(=O)c1cccc(N2CCCC2=O)c1. The van der Waals surface area contributed by atoms with Gasteiger partial charge in [-0.25, -0.2) is 0 Å². The molecule has 0 saturated carbocycles. The summed E-state index contributed by atoms with van der Waals surface area (Å²) in [7, 11) is 1.59. The summed E-state index contributed by atoms with van der Waals surface area (Å²) in [4.78, 5) is 25.3. The standard InChI is InChI=1S/C14H18N2O3/c1-19-9-7-15-14(18)11-4-2-5-12(10-11)16-8-3-6-13(16)17/h2,4-5,10H,3,6-9H2,1H3,(H,15,18). The van der Waals surface area contributed by atoms with E-state index < -0.39 is 0 Å². The van der Waals surface area contributed by atoms with Crippen LogP contribution in [-0.4, -0.2) is 38.6 Å². The van der Waals surface area contributed by atoms with Gasteiger partial charge in [-0.2, -0.15) is 0 Å². The molecule has 1 fully saturated rings. The van der Waals surface area contributed by atoms with E-state index in [1.807, 2.05) is 6.07 Å². The Balaban J connectivity index is 2.06. The Morgan fingerprint density at radius 2 is 2.32 bits per heavy atom. The predicted molar refractivity (Wildman–Crippen MR) is 72.2 cm³/mol. The van der Waals surface area contributed by atoms with E-state index in [-0.39, 0.29) is 11.8 Å². The number of carbonyl (C=O) groups excluding carboxylic acids is 2. The zero-order valence-electron chi connectivity index (χ0n) is 11.0. The normalized spacial score (nSPS) is 14.8. The molecule has 1 heterocycles. The monoisotopic (exact) mass is 262 g/mol. The fourth-order valence-corrected chi connectivity index (χ4v) is 2.10. The molecule has 2 amide bonds. The van der Waals surface area contributed by atoms with Crippen molar-refractivity contribution in [1.29, 1.82) is 0 Å². The maximum atomic E-state index is 11.9. The van der Waals surface area contributed by atoms with E-state index in [1.54, 1.807) is 30.2 Å². The average molecular weight is 262 g/mol. The number of nitrogens with one attached hydrogen (secondary N) is 1. The minimum Gasteiger partial charge on any atom is -0.383 e. The first-order valence-corrected chi connectivity index (χ1v) is 6.40. The lowest BCUT2D eigenvalue weighted by Gasteiger charge is -2.16. The summed E-state index contributed by atoms with van der Waals surface area (Å²) in [6.45, 7) is 1.69. The van der Waals surface area contributed by atoms with Gasteiger partial charge in [0.2, 0.25) is 5.91 Å². The number of anilines is 1. The van der Waals surface area contributed by atoms with E-state index in [0.29, 0.717) is 25.1 Å². The van der Waals surface area contributed by atoms with Crippen LogP contribution in [0.5, 0.6) is 0 Å². The quantitative estimate of drug-likeness (QED) is 0.811. The average Bonchev–Trinajstić information content (AvgIpc) is 2.85. The Kier molecular flexibility index (Phi) is 4.52. The van der Waals surface area contributed by atoms with Crippen molar-refractivity contribution in [2.24, 2.45) is 0 Å². The molecule has 1 aliphatic heterocycles. The van der Waals surface area contributed by atoms with Crippen molar-refractivity contribution in [1.82, 2.24) is 5.32 Å². The highest BCUT2D eigenvalue weighted by Gasteiger charge is 2.22. The van der Waals surface area contributed by atoms with Gasteiger partial charge >= 0.3 is 0 Å². The van der Waals surface area contributed by atoms with E-state index in [4.69, 9.17) is 4.74 Å². The molecule has 5 nitrogen and oxygen atoms in total. The summed E-state index contributed by atoms with van der Waals surface area (Å²) in [6.07, 6.45) is 1.47. The molecule has 5 heteroatoms. The van der Waals surface area contributed by atoms with Gasteiger partial charge in [-0.1, -0.05) is 6.07 Å². The molecule has 0 radical (unpaired) electrons. The number of hydrogen-bond acceptors (Lipinski definition) is 3. The molecule has 2 rings (SSSR count). The van der Waals surface area contributed by atoms with Gasteiger partial charge in [0.1, 0.15) is 0 Å². The number of amides is 2. The molecule has 1 N–H and O–H groups in total. The number of hydrogen-bond donors (Lipinski definition) is 1. The van der Waals surface area contributed by atoms with Crippen molar-refractivity contribution in [2.45, 2.75) is 12.8 Å². The van der Waals surface area contributed by atoms with Crippen molar-refractivity contribution < 1.29 is 14.3 Å². The Hall–Kier alpha value is -1.88. The first-order valence-electron chi connectivity index (χ1n) is 6.40. The van der Waals surface area contributed by atoms with Gasteiger partial charge in [0, 0.05) is 37.9 Å². The molecule has 1 aliphatic rings. The van der Waals surface area contributed by atoms with Gasteiger partial charge in [0.05, 0.1) is 6.61 Å². The largest absolute Gasteiger partial charge is 0.383 e. The third-order valence-corrected chi connectivity index (χ3v) is 3.09. The third-order valence-electron chi connectivity index (χ3n) is 3.09. The van der Waals surface area contributed by atoms with Crippen LogP contribution in [0, 0.1) is 0 Å². The highest BCUT2D eigenvalue weighted by molar-refractivity contribution is 5.99. The highest BCUT2D eigenvalue weighted by atomic mass is 16.5. The second-order valence-electron chi connectivity index (χ2n) is 4.45. The molecule has 0 aromatic heterocycles. The molecule has 1 aromatic rings. The summed E-state index contributed by atoms with van der Waals surface area (Å²) in [5.74, 6) is -0.0255. The lowest BCUT2D eigenvalue weighted by atomic mass is 10.1. The van der Waals surface area contributed by atoms with Crippen molar-refractivity contribution in [3.05, 3.63) is 29.8 Å². The number of carbonyl (C=O) groups is 2. The van der Waals surface area contributed by atoms with Crippen molar-refractivity contribution >= 4 is 17.5 Å². The third kappa shape index (κ3) is 3.32. The van der Waals surface area contributed by atoms with Crippen molar-refractivity contribution in [3.8, 4) is 0 Å². The molecular weight excluding hydrogens is 244 g/mol. The number of rotatable bonds is 5. The summed E-state index contributed by atoms with van der Waals surface area (Å²) in [5, 5.41) is 2.76. The number of nitrogens with zero attached hydrogens (tertiary/aromatic N) is 1. The van der Waals surface area contributed by atoms with Crippen LogP contribution in [0.2, 0.25) is 0 Å². The minimum absolute atomic E-state index is 0.122. The fourth-order valence-electron chi connectivity index (χ4n) is 2.10. The molecule has 0 unspecified atom stereocenters. The van der Waals surface area contributed by atoms with Gasteiger partial charge in [-0.15, -0.1) is 0 Å². The van der Waals surface area contributed by atoms with E-state index in [9.17, 15) is 9.59 Å². The Bertz CT molecular complexity index is 474. The molecule has 0 atom stereocenters. The van der Waals surface area contributed by atoms with Crippen LogP contribution in [0.25, 0.3) is 0 Å². The Morgan fingerprint density at radius 3 is 3.00 bits per heavy atom.